The fraction of sp³-hybridized carbons (Fsp3) is 0.136. The monoisotopic (exact) mass is 373 g/mol. The number of carbonyl (C=O) groups excluding carboxylic acids is 1. The van der Waals surface area contributed by atoms with Gasteiger partial charge in [-0.05, 0) is 47.5 Å². The average Bonchev–Trinajstić information content (AvgIpc) is 3.17. The highest BCUT2D eigenvalue weighted by Gasteiger charge is 2.12. The van der Waals surface area contributed by atoms with Crippen LogP contribution >= 0.6 is 0 Å². The molecule has 0 saturated carbocycles. The maximum Gasteiger partial charge on any atom is 0.322 e. The van der Waals surface area contributed by atoms with Crippen molar-refractivity contribution in [2.75, 3.05) is 11.9 Å². The number of fused-ring (bicyclic) bond motifs is 1. The Hall–Kier alpha value is -3.67. The molecular formula is C22H19N3O3. The van der Waals surface area contributed by atoms with Gasteiger partial charge in [0, 0.05) is 5.56 Å². The molecule has 6 nitrogen and oxygen atoms in total. The van der Waals surface area contributed by atoms with Crippen LogP contribution in [0.2, 0.25) is 0 Å². The van der Waals surface area contributed by atoms with E-state index in [2.05, 4.69) is 15.5 Å². The molecule has 0 bridgehead atoms. The van der Waals surface area contributed by atoms with Crippen LogP contribution in [0.5, 0.6) is 5.75 Å². The number of hydrogen-bond acceptors (Lipinski definition) is 5. The highest BCUT2D eigenvalue weighted by Crippen LogP contribution is 2.23. The standard InChI is InChI=1S/C22H19N3O3/c1-2-27-19-11-9-17(10-12-19)21-24-25-22(28-21)23-20(26)14-15-7-8-16-5-3-4-6-18(16)13-15/h3-13H,2,14H2,1H3,(H,23,25,26). The van der Waals surface area contributed by atoms with Crippen molar-refractivity contribution in [1.82, 2.24) is 10.2 Å². The van der Waals surface area contributed by atoms with E-state index in [-0.39, 0.29) is 18.3 Å². The Labute approximate surface area is 162 Å². The Balaban J connectivity index is 1.42. The van der Waals surface area contributed by atoms with E-state index in [0.29, 0.717) is 12.5 Å². The molecule has 1 heterocycles. The fourth-order valence-corrected chi connectivity index (χ4v) is 2.95. The summed E-state index contributed by atoms with van der Waals surface area (Å²) in [6, 6.07) is 21.4. The lowest BCUT2D eigenvalue weighted by atomic mass is 10.1. The number of carbonyl (C=O) groups is 1. The normalized spacial score (nSPS) is 10.8. The van der Waals surface area contributed by atoms with Gasteiger partial charge in [0.1, 0.15) is 5.75 Å². The van der Waals surface area contributed by atoms with Crippen LogP contribution < -0.4 is 10.1 Å². The molecule has 0 saturated heterocycles. The fourth-order valence-electron chi connectivity index (χ4n) is 2.95. The quantitative estimate of drug-likeness (QED) is 0.540. The third-order valence-corrected chi connectivity index (χ3v) is 4.26. The lowest BCUT2D eigenvalue weighted by Gasteiger charge is -2.04. The minimum atomic E-state index is -0.211. The summed E-state index contributed by atoms with van der Waals surface area (Å²) in [5.74, 6) is 0.899. The molecule has 0 radical (unpaired) electrons. The maximum atomic E-state index is 12.3. The van der Waals surface area contributed by atoms with Crippen molar-refractivity contribution in [3.63, 3.8) is 0 Å². The molecular weight excluding hydrogens is 354 g/mol. The summed E-state index contributed by atoms with van der Waals surface area (Å²) in [4.78, 5) is 12.3. The molecule has 1 aromatic heterocycles. The van der Waals surface area contributed by atoms with Crippen LogP contribution in [0.25, 0.3) is 22.2 Å². The van der Waals surface area contributed by atoms with Gasteiger partial charge in [0.15, 0.2) is 0 Å². The first-order valence-electron chi connectivity index (χ1n) is 9.05. The molecule has 0 aliphatic heterocycles. The van der Waals surface area contributed by atoms with Gasteiger partial charge >= 0.3 is 6.01 Å². The summed E-state index contributed by atoms with van der Waals surface area (Å²) < 4.78 is 11.0. The zero-order valence-corrected chi connectivity index (χ0v) is 15.4. The first-order chi connectivity index (χ1) is 13.7. The van der Waals surface area contributed by atoms with Crippen LogP contribution in [-0.4, -0.2) is 22.7 Å². The summed E-state index contributed by atoms with van der Waals surface area (Å²) >= 11 is 0. The molecule has 1 N–H and O–H groups in total. The largest absolute Gasteiger partial charge is 0.494 e. The smallest absolute Gasteiger partial charge is 0.322 e. The van der Waals surface area contributed by atoms with Gasteiger partial charge in [-0.2, -0.15) is 0 Å². The van der Waals surface area contributed by atoms with Crippen LogP contribution in [0, 0.1) is 0 Å². The molecule has 0 fully saturated rings. The number of nitrogens with one attached hydrogen (secondary N) is 1. The predicted molar refractivity (Wildman–Crippen MR) is 107 cm³/mol. The van der Waals surface area contributed by atoms with Crippen molar-refractivity contribution >= 4 is 22.7 Å². The minimum absolute atomic E-state index is 0.0784. The Morgan fingerprint density at radius 3 is 2.57 bits per heavy atom. The van der Waals surface area contributed by atoms with Gasteiger partial charge in [-0.3, -0.25) is 10.1 Å². The first kappa shape index (κ1) is 17.7. The average molecular weight is 373 g/mol. The van der Waals surface area contributed by atoms with E-state index in [4.69, 9.17) is 9.15 Å². The molecule has 0 aliphatic carbocycles. The van der Waals surface area contributed by atoms with Crippen molar-refractivity contribution in [3.8, 4) is 17.2 Å². The lowest BCUT2D eigenvalue weighted by Crippen LogP contribution is -2.14. The van der Waals surface area contributed by atoms with E-state index < -0.39 is 0 Å². The maximum absolute atomic E-state index is 12.3. The van der Waals surface area contributed by atoms with E-state index >= 15 is 0 Å². The Bertz CT molecular complexity index is 1100. The van der Waals surface area contributed by atoms with Gasteiger partial charge in [-0.15, -0.1) is 5.10 Å². The van der Waals surface area contributed by atoms with Gasteiger partial charge in [0.05, 0.1) is 13.0 Å². The molecule has 0 atom stereocenters. The van der Waals surface area contributed by atoms with Crippen LogP contribution in [0.1, 0.15) is 12.5 Å². The summed E-state index contributed by atoms with van der Waals surface area (Å²) in [7, 11) is 0. The number of anilines is 1. The second-order valence-corrected chi connectivity index (χ2v) is 6.28. The Morgan fingerprint density at radius 2 is 1.79 bits per heavy atom. The molecule has 3 aromatic carbocycles. The zero-order valence-electron chi connectivity index (χ0n) is 15.4. The Morgan fingerprint density at radius 1 is 1.00 bits per heavy atom. The van der Waals surface area contributed by atoms with Gasteiger partial charge in [0.2, 0.25) is 11.8 Å². The number of rotatable bonds is 6. The second-order valence-electron chi connectivity index (χ2n) is 6.28. The van der Waals surface area contributed by atoms with Crippen molar-refractivity contribution in [2.24, 2.45) is 0 Å². The molecule has 4 aromatic rings. The molecule has 6 heteroatoms. The van der Waals surface area contributed by atoms with Crippen LogP contribution in [0.3, 0.4) is 0 Å². The van der Waals surface area contributed by atoms with E-state index in [1.54, 1.807) is 0 Å². The molecule has 0 spiro atoms. The molecule has 1 amide bonds. The van der Waals surface area contributed by atoms with E-state index in [1.807, 2.05) is 73.7 Å². The van der Waals surface area contributed by atoms with Crippen LogP contribution in [0.15, 0.2) is 71.1 Å². The Kier molecular flexibility index (Phi) is 5.01. The number of nitrogens with zero attached hydrogens (tertiary/aromatic N) is 2. The number of amides is 1. The van der Waals surface area contributed by atoms with Crippen LogP contribution in [-0.2, 0) is 11.2 Å². The molecule has 4 rings (SSSR count). The molecule has 0 unspecified atom stereocenters. The van der Waals surface area contributed by atoms with Gasteiger partial charge < -0.3 is 9.15 Å². The molecule has 28 heavy (non-hydrogen) atoms. The van der Waals surface area contributed by atoms with Crippen molar-refractivity contribution in [1.29, 1.82) is 0 Å². The summed E-state index contributed by atoms with van der Waals surface area (Å²) in [5.41, 5.74) is 1.67. The topological polar surface area (TPSA) is 77.3 Å². The zero-order chi connectivity index (χ0) is 19.3. The van der Waals surface area contributed by atoms with Crippen molar-refractivity contribution in [2.45, 2.75) is 13.3 Å². The van der Waals surface area contributed by atoms with Gasteiger partial charge in [-0.1, -0.05) is 47.6 Å². The summed E-state index contributed by atoms with van der Waals surface area (Å²) in [6.45, 7) is 2.53. The van der Waals surface area contributed by atoms with E-state index in [0.717, 1.165) is 27.6 Å². The van der Waals surface area contributed by atoms with Gasteiger partial charge in [-0.25, -0.2) is 0 Å². The van der Waals surface area contributed by atoms with E-state index in [9.17, 15) is 4.79 Å². The minimum Gasteiger partial charge on any atom is -0.494 e. The van der Waals surface area contributed by atoms with E-state index in [1.165, 1.54) is 0 Å². The number of ether oxygens (including phenoxy) is 1. The number of aromatic nitrogens is 2. The summed E-state index contributed by atoms with van der Waals surface area (Å²) in [6.07, 6.45) is 0.228. The second kappa shape index (κ2) is 7.92. The first-order valence-corrected chi connectivity index (χ1v) is 9.05. The molecule has 0 aliphatic rings. The number of benzene rings is 3. The summed E-state index contributed by atoms with van der Waals surface area (Å²) in [5, 5.41) is 12.8. The van der Waals surface area contributed by atoms with Gasteiger partial charge in [0.25, 0.3) is 0 Å². The van der Waals surface area contributed by atoms with Crippen molar-refractivity contribution in [3.05, 3.63) is 72.3 Å². The highest BCUT2D eigenvalue weighted by molar-refractivity contribution is 5.91. The lowest BCUT2D eigenvalue weighted by molar-refractivity contribution is -0.115. The third kappa shape index (κ3) is 4.01. The van der Waals surface area contributed by atoms with Crippen molar-refractivity contribution < 1.29 is 13.9 Å². The third-order valence-electron chi connectivity index (χ3n) is 4.26. The van der Waals surface area contributed by atoms with Crippen LogP contribution in [0.4, 0.5) is 6.01 Å². The SMILES string of the molecule is CCOc1ccc(-c2nnc(NC(=O)Cc3ccc4ccccc4c3)o2)cc1. The highest BCUT2D eigenvalue weighted by atomic mass is 16.5. The molecule has 140 valence electrons. The predicted octanol–water partition coefficient (Wildman–Crippen LogP) is 4.47. The number of hydrogen-bond donors (Lipinski definition) is 1.